The molecule has 0 aromatic heterocycles. The van der Waals surface area contributed by atoms with Crippen molar-refractivity contribution in [3.63, 3.8) is 0 Å². The average Bonchev–Trinajstić information content (AvgIpc) is 2.34. The normalized spacial score (nSPS) is 12.4. The van der Waals surface area contributed by atoms with Crippen molar-refractivity contribution in [3.05, 3.63) is 18.2 Å². The first-order valence-electron chi connectivity index (χ1n) is 5.74. The van der Waals surface area contributed by atoms with E-state index in [9.17, 15) is 16.8 Å². The van der Waals surface area contributed by atoms with Crippen molar-refractivity contribution >= 4 is 25.5 Å². The Morgan fingerprint density at radius 1 is 1.16 bits per heavy atom. The first kappa shape index (κ1) is 15.9. The molecule has 0 atom stereocenters. The Morgan fingerprint density at radius 2 is 1.79 bits per heavy atom. The maximum atomic E-state index is 12.1. The second kappa shape index (κ2) is 5.89. The highest BCUT2D eigenvalue weighted by Crippen LogP contribution is 2.24. The summed E-state index contributed by atoms with van der Waals surface area (Å²) < 4.78 is 49.6. The lowest BCUT2D eigenvalue weighted by Crippen LogP contribution is -2.25. The van der Waals surface area contributed by atoms with Crippen LogP contribution in [0.25, 0.3) is 0 Å². The predicted octanol–water partition coefficient (Wildman–Crippen LogP) is 0.820. The maximum Gasteiger partial charge on any atom is 0.242 e. The van der Waals surface area contributed by atoms with Crippen molar-refractivity contribution in [2.24, 2.45) is 0 Å². The van der Waals surface area contributed by atoms with Gasteiger partial charge in [0.25, 0.3) is 0 Å². The molecule has 0 saturated carbocycles. The van der Waals surface area contributed by atoms with E-state index in [0.717, 1.165) is 6.26 Å². The van der Waals surface area contributed by atoms with Gasteiger partial charge in [-0.3, -0.25) is 0 Å². The van der Waals surface area contributed by atoms with Crippen molar-refractivity contribution in [1.29, 1.82) is 0 Å². The highest BCUT2D eigenvalue weighted by atomic mass is 32.2. The molecular formula is C11H18N2O4S2. The first-order chi connectivity index (χ1) is 8.72. The van der Waals surface area contributed by atoms with Crippen LogP contribution in [0.1, 0.15) is 13.3 Å². The number of sulfone groups is 1. The Bertz CT molecular complexity index is 651. The Morgan fingerprint density at radius 3 is 2.26 bits per heavy atom. The van der Waals surface area contributed by atoms with Crippen molar-refractivity contribution in [2.45, 2.75) is 23.1 Å². The summed E-state index contributed by atoms with van der Waals surface area (Å²) in [6.07, 6.45) is 1.69. The van der Waals surface area contributed by atoms with Crippen LogP contribution in [0.4, 0.5) is 5.69 Å². The van der Waals surface area contributed by atoms with E-state index in [1.165, 1.54) is 18.2 Å². The lowest BCUT2D eigenvalue weighted by Gasteiger charge is -2.12. The van der Waals surface area contributed by atoms with Crippen molar-refractivity contribution in [1.82, 2.24) is 4.72 Å². The summed E-state index contributed by atoms with van der Waals surface area (Å²) >= 11 is 0. The Hall–Kier alpha value is -1.12. The highest BCUT2D eigenvalue weighted by molar-refractivity contribution is 7.91. The molecule has 108 valence electrons. The van der Waals surface area contributed by atoms with Crippen LogP contribution in [0.3, 0.4) is 0 Å². The van der Waals surface area contributed by atoms with Crippen LogP contribution in [0.5, 0.6) is 0 Å². The number of hydrogen-bond acceptors (Lipinski definition) is 5. The zero-order chi connectivity index (χ0) is 14.7. The van der Waals surface area contributed by atoms with Crippen LogP contribution in [-0.4, -0.2) is 36.7 Å². The van der Waals surface area contributed by atoms with Gasteiger partial charge in [0.2, 0.25) is 10.0 Å². The molecule has 0 spiro atoms. The number of sulfonamides is 1. The van der Waals surface area contributed by atoms with Gasteiger partial charge in [-0.1, -0.05) is 6.92 Å². The van der Waals surface area contributed by atoms with E-state index >= 15 is 0 Å². The topological polar surface area (TPSA) is 92.3 Å². The van der Waals surface area contributed by atoms with E-state index < -0.39 is 19.9 Å². The van der Waals surface area contributed by atoms with Gasteiger partial charge in [-0.15, -0.1) is 0 Å². The number of anilines is 1. The molecule has 1 aromatic rings. The zero-order valence-corrected chi connectivity index (χ0v) is 12.7. The monoisotopic (exact) mass is 306 g/mol. The summed E-state index contributed by atoms with van der Waals surface area (Å²) in [4.78, 5) is -0.0882. The van der Waals surface area contributed by atoms with E-state index in [-0.39, 0.29) is 9.79 Å². The minimum atomic E-state index is -3.72. The fourth-order valence-corrected chi connectivity index (χ4v) is 3.57. The molecule has 0 aliphatic heterocycles. The van der Waals surface area contributed by atoms with Crippen LogP contribution in [0.15, 0.2) is 28.0 Å². The molecule has 0 amide bonds. The SMILES string of the molecule is CCCNS(=O)(=O)c1cc(S(C)(=O)=O)ccc1NC. The molecular weight excluding hydrogens is 288 g/mol. The van der Waals surface area contributed by atoms with Crippen LogP contribution in [0.2, 0.25) is 0 Å². The number of hydrogen-bond donors (Lipinski definition) is 2. The molecule has 19 heavy (non-hydrogen) atoms. The molecule has 1 aromatic carbocycles. The van der Waals surface area contributed by atoms with Crippen molar-refractivity contribution < 1.29 is 16.8 Å². The molecule has 1 rings (SSSR count). The van der Waals surface area contributed by atoms with E-state index in [2.05, 4.69) is 10.0 Å². The smallest absolute Gasteiger partial charge is 0.242 e. The molecule has 2 N–H and O–H groups in total. The molecule has 6 nitrogen and oxygen atoms in total. The Labute approximate surface area is 114 Å². The summed E-state index contributed by atoms with van der Waals surface area (Å²) in [5.41, 5.74) is 0.357. The molecule has 0 saturated heterocycles. The van der Waals surface area contributed by atoms with Gasteiger partial charge in [0, 0.05) is 19.8 Å². The van der Waals surface area contributed by atoms with Gasteiger partial charge in [-0.05, 0) is 24.6 Å². The minimum absolute atomic E-state index is 0.0247. The zero-order valence-electron chi connectivity index (χ0n) is 11.1. The van der Waals surface area contributed by atoms with Gasteiger partial charge in [-0.2, -0.15) is 0 Å². The number of benzene rings is 1. The van der Waals surface area contributed by atoms with Gasteiger partial charge in [0.05, 0.1) is 10.6 Å². The summed E-state index contributed by atoms with van der Waals surface area (Å²) in [6.45, 7) is 2.14. The third-order valence-electron chi connectivity index (χ3n) is 2.48. The second-order valence-electron chi connectivity index (χ2n) is 4.08. The number of nitrogens with one attached hydrogen (secondary N) is 2. The lowest BCUT2D eigenvalue weighted by molar-refractivity contribution is 0.581. The predicted molar refractivity (Wildman–Crippen MR) is 74.6 cm³/mol. The van der Waals surface area contributed by atoms with Gasteiger partial charge in [-0.25, -0.2) is 21.6 Å². The van der Waals surface area contributed by atoms with E-state index in [0.29, 0.717) is 18.7 Å². The average molecular weight is 306 g/mol. The summed E-state index contributed by atoms with van der Waals surface area (Å²) in [7, 11) is -5.60. The largest absolute Gasteiger partial charge is 0.387 e. The molecule has 0 fully saturated rings. The molecule has 0 heterocycles. The summed E-state index contributed by atoms with van der Waals surface area (Å²) in [6, 6.07) is 3.98. The van der Waals surface area contributed by atoms with Crippen LogP contribution in [0, 0.1) is 0 Å². The molecule has 8 heteroatoms. The third-order valence-corrected chi connectivity index (χ3v) is 5.09. The maximum absolute atomic E-state index is 12.1. The standard InChI is InChI=1S/C11H18N2O4S2/c1-4-7-13-19(16,17)11-8-9(18(3,14)15)5-6-10(11)12-2/h5-6,8,12-13H,4,7H2,1-3H3. The summed E-state index contributed by atoms with van der Waals surface area (Å²) in [5.74, 6) is 0. The van der Waals surface area contributed by atoms with Crippen LogP contribution < -0.4 is 10.0 Å². The van der Waals surface area contributed by atoms with E-state index in [1.54, 1.807) is 7.05 Å². The molecule has 0 unspecified atom stereocenters. The third kappa shape index (κ3) is 3.92. The van der Waals surface area contributed by atoms with Crippen LogP contribution >= 0.6 is 0 Å². The van der Waals surface area contributed by atoms with Crippen molar-refractivity contribution in [2.75, 3.05) is 25.2 Å². The first-order valence-corrected chi connectivity index (χ1v) is 9.11. The highest BCUT2D eigenvalue weighted by Gasteiger charge is 2.20. The fourth-order valence-electron chi connectivity index (χ4n) is 1.48. The van der Waals surface area contributed by atoms with Gasteiger partial charge < -0.3 is 5.32 Å². The number of rotatable bonds is 6. The summed E-state index contributed by atoms with van der Waals surface area (Å²) in [5, 5.41) is 2.74. The Balaban J connectivity index is 3.39. The van der Waals surface area contributed by atoms with Crippen LogP contribution in [-0.2, 0) is 19.9 Å². The molecule has 0 radical (unpaired) electrons. The second-order valence-corrected chi connectivity index (χ2v) is 7.83. The van der Waals surface area contributed by atoms with Crippen molar-refractivity contribution in [3.8, 4) is 0 Å². The molecule has 0 bridgehead atoms. The van der Waals surface area contributed by atoms with E-state index in [1.807, 2.05) is 6.92 Å². The van der Waals surface area contributed by atoms with E-state index in [4.69, 9.17) is 0 Å². The lowest BCUT2D eigenvalue weighted by atomic mass is 10.3. The quantitative estimate of drug-likeness (QED) is 0.812. The fraction of sp³-hybridized carbons (Fsp3) is 0.455. The minimum Gasteiger partial charge on any atom is -0.387 e. The van der Waals surface area contributed by atoms with Gasteiger partial charge >= 0.3 is 0 Å². The molecule has 0 aliphatic carbocycles. The van der Waals surface area contributed by atoms with Gasteiger partial charge in [0.1, 0.15) is 4.90 Å². The Kier molecular flexibility index (Phi) is 4.94. The van der Waals surface area contributed by atoms with Gasteiger partial charge in [0.15, 0.2) is 9.84 Å². The molecule has 0 aliphatic rings.